The summed E-state index contributed by atoms with van der Waals surface area (Å²) in [5, 5.41) is 10.6. The topological polar surface area (TPSA) is 20.2 Å². The van der Waals surface area contributed by atoms with Gasteiger partial charge in [-0.1, -0.05) is 49.6 Å². The van der Waals surface area contributed by atoms with Crippen LogP contribution in [0.25, 0.3) is 0 Å². The predicted octanol–water partition coefficient (Wildman–Crippen LogP) is 4.98. The Morgan fingerprint density at radius 1 is 1.05 bits per heavy atom. The third kappa shape index (κ3) is 4.22. The summed E-state index contributed by atoms with van der Waals surface area (Å²) in [6, 6.07) is 9.80. The number of alkyl halides is 3. The zero-order valence-corrected chi connectivity index (χ0v) is 12.2. The molecule has 1 unspecified atom stereocenters. The molecule has 1 atom stereocenters. The molecule has 1 saturated carbocycles. The number of hydrogen-bond donors (Lipinski definition) is 1. The monoisotopic (exact) mass is 300 g/mol. The molecule has 1 nitrogen and oxygen atoms in total. The second-order valence-corrected chi connectivity index (χ2v) is 6.11. The molecule has 1 aliphatic carbocycles. The van der Waals surface area contributed by atoms with E-state index in [9.17, 15) is 18.3 Å². The van der Waals surface area contributed by atoms with Crippen molar-refractivity contribution in [1.82, 2.24) is 0 Å². The number of aliphatic hydroxyl groups is 1. The van der Waals surface area contributed by atoms with Crippen LogP contribution in [0.1, 0.15) is 56.9 Å². The van der Waals surface area contributed by atoms with Crippen LogP contribution < -0.4 is 0 Å². The first-order chi connectivity index (χ1) is 9.94. The lowest BCUT2D eigenvalue weighted by molar-refractivity contribution is -0.137. The van der Waals surface area contributed by atoms with Crippen molar-refractivity contribution in [2.45, 2.75) is 69.1 Å². The van der Waals surface area contributed by atoms with Gasteiger partial charge in [0.1, 0.15) is 0 Å². The molecule has 1 N–H and O–H groups in total. The van der Waals surface area contributed by atoms with E-state index in [1.54, 1.807) is 0 Å². The summed E-state index contributed by atoms with van der Waals surface area (Å²) in [4.78, 5) is 0. The zero-order valence-electron chi connectivity index (χ0n) is 12.2. The number of halogens is 3. The molecule has 0 radical (unpaired) electrons. The fourth-order valence-electron chi connectivity index (χ4n) is 3.54. The van der Waals surface area contributed by atoms with Gasteiger partial charge in [0.2, 0.25) is 0 Å². The number of hydrogen-bond acceptors (Lipinski definition) is 1. The summed E-state index contributed by atoms with van der Waals surface area (Å²) < 4.78 is 36.9. The summed E-state index contributed by atoms with van der Waals surface area (Å²) in [7, 11) is 0. The number of rotatable bonds is 5. The average molecular weight is 300 g/mol. The Morgan fingerprint density at radius 2 is 1.67 bits per heavy atom. The minimum Gasteiger partial charge on any atom is -0.392 e. The maximum absolute atomic E-state index is 12.3. The van der Waals surface area contributed by atoms with Crippen LogP contribution in [0.4, 0.5) is 13.2 Å². The highest BCUT2D eigenvalue weighted by molar-refractivity contribution is 5.27. The molecule has 0 amide bonds. The van der Waals surface area contributed by atoms with E-state index in [1.165, 1.54) is 0 Å². The normalized spacial score (nSPS) is 20.2. The molecular formula is C17H23F3O. The van der Waals surface area contributed by atoms with Crippen molar-refractivity contribution < 1.29 is 18.3 Å². The van der Waals surface area contributed by atoms with Crippen molar-refractivity contribution in [3.63, 3.8) is 0 Å². The van der Waals surface area contributed by atoms with Gasteiger partial charge in [0, 0.05) is 11.8 Å². The molecule has 0 bridgehead atoms. The van der Waals surface area contributed by atoms with Gasteiger partial charge in [0.25, 0.3) is 0 Å². The van der Waals surface area contributed by atoms with Gasteiger partial charge >= 0.3 is 6.18 Å². The maximum atomic E-state index is 12.3. The molecule has 0 saturated heterocycles. The van der Waals surface area contributed by atoms with E-state index in [4.69, 9.17) is 0 Å². The summed E-state index contributed by atoms with van der Waals surface area (Å²) in [6.45, 7) is 0. The second-order valence-electron chi connectivity index (χ2n) is 6.11. The fourth-order valence-corrected chi connectivity index (χ4v) is 3.54. The van der Waals surface area contributed by atoms with Gasteiger partial charge in [-0.05, 0) is 31.2 Å². The van der Waals surface area contributed by atoms with Crippen molar-refractivity contribution in [1.29, 1.82) is 0 Å². The molecular weight excluding hydrogens is 277 g/mol. The Bertz CT molecular complexity index is 421. The maximum Gasteiger partial charge on any atom is 0.389 e. The van der Waals surface area contributed by atoms with Crippen LogP contribution in [-0.2, 0) is 5.41 Å². The van der Waals surface area contributed by atoms with Crippen LogP contribution in [0.15, 0.2) is 30.3 Å². The Hall–Kier alpha value is -1.03. The minimum absolute atomic E-state index is 0.000744. The highest BCUT2D eigenvalue weighted by atomic mass is 19.4. The Labute approximate surface area is 124 Å². The van der Waals surface area contributed by atoms with Crippen molar-refractivity contribution in [3.8, 4) is 0 Å². The molecule has 0 aromatic heterocycles. The molecule has 1 fully saturated rings. The Balaban J connectivity index is 2.09. The molecule has 1 aromatic rings. The molecule has 2 rings (SSSR count). The van der Waals surface area contributed by atoms with Crippen LogP contribution in [-0.4, -0.2) is 17.4 Å². The molecule has 1 aromatic carbocycles. The summed E-state index contributed by atoms with van der Waals surface area (Å²) in [6.07, 6.45) is -0.480. The van der Waals surface area contributed by atoms with Crippen LogP contribution in [0.3, 0.4) is 0 Å². The van der Waals surface area contributed by atoms with Crippen molar-refractivity contribution in [2.75, 3.05) is 0 Å². The van der Waals surface area contributed by atoms with Gasteiger partial charge in [0.05, 0.1) is 6.10 Å². The van der Waals surface area contributed by atoms with E-state index >= 15 is 0 Å². The average Bonchev–Trinajstić information content (AvgIpc) is 2.47. The van der Waals surface area contributed by atoms with Gasteiger partial charge < -0.3 is 5.11 Å². The molecule has 0 aliphatic heterocycles. The molecule has 1 aliphatic rings. The van der Waals surface area contributed by atoms with Gasteiger partial charge in [-0.25, -0.2) is 0 Å². The first kappa shape index (κ1) is 16.3. The van der Waals surface area contributed by atoms with Gasteiger partial charge in [-0.3, -0.25) is 0 Å². The standard InChI is InChI=1S/C17H23F3O/c18-17(19,20)13-7-10-15(21)16(11-5-2-6-12-16)14-8-3-1-4-9-14/h1,3-4,8-9,15,21H,2,5-7,10-13H2. The first-order valence-electron chi connectivity index (χ1n) is 7.74. The van der Waals surface area contributed by atoms with Gasteiger partial charge in [-0.15, -0.1) is 0 Å². The molecule has 0 heterocycles. The van der Waals surface area contributed by atoms with Crippen molar-refractivity contribution >= 4 is 0 Å². The summed E-state index contributed by atoms with van der Waals surface area (Å²) in [5.41, 5.74) is 0.717. The highest BCUT2D eigenvalue weighted by Crippen LogP contribution is 2.43. The summed E-state index contributed by atoms with van der Waals surface area (Å²) in [5.74, 6) is 0. The number of benzene rings is 1. The van der Waals surface area contributed by atoms with E-state index < -0.39 is 18.7 Å². The molecule has 21 heavy (non-hydrogen) atoms. The van der Waals surface area contributed by atoms with E-state index in [0.717, 1.165) is 37.7 Å². The lowest BCUT2D eigenvalue weighted by Gasteiger charge is -2.42. The second kappa shape index (κ2) is 6.82. The fraction of sp³-hybridized carbons (Fsp3) is 0.647. The van der Waals surface area contributed by atoms with Crippen LogP contribution in [0.2, 0.25) is 0 Å². The van der Waals surface area contributed by atoms with E-state index in [0.29, 0.717) is 0 Å². The molecule has 0 spiro atoms. The zero-order chi connectivity index (χ0) is 15.3. The van der Waals surface area contributed by atoms with E-state index in [1.807, 2.05) is 30.3 Å². The third-order valence-electron chi connectivity index (χ3n) is 4.67. The van der Waals surface area contributed by atoms with Crippen LogP contribution in [0.5, 0.6) is 0 Å². The molecule has 4 heteroatoms. The predicted molar refractivity (Wildman–Crippen MR) is 77.1 cm³/mol. The van der Waals surface area contributed by atoms with Gasteiger partial charge in [0.15, 0.2) is 0 Å². The number of aliphatic hydroxyl groups excluding tert-OH is 1. The first-order valence-corrected chi connectivity index (χ1v) is 7.74. The Morgan fingerprint density at radius 3 is 2.24 bits per heavy atom. The minimum atomic E-state index is -4.13. The van der Waals surface area contributed by atoms with Crippen molar-refractivity contribution in [3.05, 3.63) is 35.9 Å². The summed E-state index contributed by atoms with van der Waals surface area (Å²) >= 11 is 0. The smallest absolute Gasteiger partial charge is 0.389 e. The highest BCUT2D eigenvalue weighted by Gasteiger charge is 2.40. The van der Waals surface area contributed by atoms with E-state index in [2.05, 4.69) is 0 Å². The van der Waals surface area contributed by atoms with Gasteiger partial charge in [-0.2, -0.15) is 13.2 Å². The lowest BCUT2D eigenvalue weighted by Crippen LogP contribution is -2.41. The quantitative estimate of drug-likeness (QED) is 0.813. The third-order valence-corrected chi connectivity index (χ3v) is 4.67. The van der Waals surface area contributed by atoms with Crippen LogP contribution in [0, 0.1) is 0 Å². The van der Waals surface area contributed by atoms with Crippen LogP contribution >= 0.6 is 0 Å². The lowest BCUT2D eigenvalue weighted by atomic mass is 9.65. The van der Waals surface area contributed by atoms with E-state index in [-0.39, 0.29) is 18.3 Å². The van der Waals surface area contributed by atoms with Crippen molar-refractivity contribution in [2.24, 2.45) is 0 Å². The SMILES string of the molecule is OC(CCCC(F)(F)F)C1(c2ccccc2)CCCCC1. The molecule has 118 valence electrons. The Kier molecular flexibility index (Phi) is 5.31. The largest absolute Gasteiger partial charge is 0.392 e.